The van der Waals surface area contributed by atoms with Gasteiger partial charge in [-0.05, 0) is 19.1 Å². The van der Waals surface area contributed by atoms with Crippen molar-refractivity contribution in [1.29, 1.82) is 0 Å². The molecule has 1 fully saturated rings. The number of ether oxygens (including phenoxy) is 3. The number of nitrogens with zero attached hydrogens (tertiary/aromatic N) is 3. The second-order valence-electron chi connectivity index (χ2n) is 6.44. The van der Waals surface area contributed by atoms with Crippen molar-refractivity contribution in [3.8, 4) is 0 Å². The largest absolute Gasteiger partial charge is 0.508 e. The molecule has 2 aromatic heterocycles. The third-order valence-electron chi connectivity index (χ3n) is 4.32. The molecule has 4 atom stereocenters. The van der Waals surface area contributed by atoms with Gasteiger partial charge in [0.15, 0.2) is 6.10 Å². The molecule has 0 saturated carbocycles. The zero-order chi connectivity index (χ0) is 22.9. The molecular weight excluding hydrogens is 446 g/mol. The molecule has 2 aromatic rings. The molecular formula is C16H16F2N4O8S. The molecule has 0 aromatic carbocycles. The second kappa shape index (κ2) is 8.52. The normalized spacial score (nSPS) is 23.3. The van der Waals surface area contributed by atoms with Gasteiger partial charge < -0.3 is 25.1 Å². The van der Waals surface area contributed by atoms with Crippen molar-refractivity contribution < 1.29 is 37.8 Å². The van der Waals surface area contributed by atoms with E-state index in [1.165, 1.54) is 19.1 Å². The van der Waals surface area contributed by atoms with Crippen molar-refractivity contribution in [2.75, 3.05) is 12.3 Å². The van der Waals surface area contributed by atoms with Crippen LogP contribution in [-0.4, -0.2) is 50.5 Å². The summed E-state index contributed by atoms with van der Waals surface area (Å²) in [5, 5.41) is 20.5. The highest BCUT2D eigenvalue weighted by Gasteiger charge is 2.60. The molecule has 1 unspecified atom stereocenters. The topological polar surface area (TPSA) is 169 Å². The number of aliphatic hydroxyl groups excluding tert-OH is 1. The third kappa shape index (κ3) is 4.62. The molecule has 31 heavy (non-hydrogen) atoms. The molecule has 3 heterocycles. The second-order valence-corrected chi connectivity index (χ2v) is 7.54. The Kier molecular flexibility index (Phi) is 6.19. The first-order chi connectivity index (χ1) is 14.5. The maximum Gasteiger partial charge on any atom is 0.508 e. The van der Waals surface area contributed by atoms with Crippen LogP contribution in [0.3, 0.4) is 0 Å². The minimum atomic E-state index is -3.90. The lowest BCUT2D eigenvalue weighted by atomic mass is 10.1. The van der Waals surface area contributed by atoms with Crippen molar-refractivity contribution in [1.82, 2.24) is 9.55 Å². The number of hydrogen-bond acceptors (Lipinski definition) is 11. The number of aliphatic hydroxyl groups is 1. The highest BCUT2D eigenvalue weighted by Crippen LogP contribution is 2.42. The minimum absolute atomic E-state index is 0.151. The maximum atomic E-state index is 14.4. The Labute approximate surface area is 175 Å². The summed E-state index contributed by atoms with van der Waals surface area (Å²) in [6.45, 7) is 0.628. The third-order valence-corrected chi connectivity index (χ3v) is 5.51. The zero-order valence-electron chi connectivity index (χ0n) is 15.7. The van der Waals surface area contributed by atoms with Crippen LogP contribution < -0.4 is 11.4 Å². The van der Waals surface area contributed by atoms with Crippen molar-refractivity contribution in [3.05, 3.63) is 49.9 Å². The number of nitrogen functional groups attached to an aromatic ring is 1. The van der Waals surface area contributed by atoms with Crippen LogP contribution in [0.25, 0.3) is 0 Å². The number of carbonyl (C=O) groups is 1. The fourth-order valence-electron chi connectivity index (χ4n) is 2.76. The van der Waals surface area contributed by atoms with Crippen molar-refractivity contribution in [3.63, 3.8) is 0 Å². The summed E-state index contributed by atoms with van der Waals surface area (Å²) in [5.74, 6) is -4.08. The first-order valence-electron chi connectivity index (χ1n) is 8.64. The van der Waals surface area contributed by atoms with Gasteiger partial charge in [0.2, 0.25) is 6.23 Å². The minimum Gasteiger partial charge on any atom is -0.431 e. The summed E-state index contributed by atoms with van der Waals surface area (Å²) < 4.78 is 44.0. The summed E-state index contributed by atoms with van der Waals surface area (Å²) >= 11 is 0.792. The van der Waals surface area contributed by atoms with Gasteiger partial charge in [0.25, 0.3) is 0 Å². The van der Waals surface area contributed by atoms with Gasteiger partial charge in [0, 0.05) is 12.3 Å². The molecule has 12 nitrogen and oxygen atoms in total. The van der Waals surface area contributed by atoms with E-state index < -0.39 is 53.8 Å². The Morgan fingerprint density at radius 1 is 1.52 bits per heavy atom. The monoisotopic (exact) mass is 462 g/mol. The first kappa shape index (κ1) is 22.5. The SMILES string of the molecule is CC(OC(=O)OC[C@H]1O[C@@H](n2ccc(N)nc2=O)C(F)(F)[C@@H]1O)c1ccc([N+](=O)[O-])s1. The number of alkyl halides is 2. The molecule has 168 valence electrons. The summed E-state index contributed by atoms with van der Waals surface area (Å²) in [4.78, 5) is 37.5. The lowest BCUT2D eigenvalue weighted by molar-refractivity contribution is -0.380. The Hall–Kier alpha value is -3.17. The molecule has 3 rings (SSSR count). The van der Waals surface area contributed by atoms with Gasteiger partial charge >= 0.3 is 22.8 Å². The van der Waals surface area contributed by atoms with Crippen LogP contribution in [0.15, 0.2) is 29.2 Å². The smallest absolute Gasteiger partial charge is 0.431 e. The van der Waals surface area contributed by atoms with Crippen LogP contribution in [0.2, 0.25) is 0 Å². The van der Waals surface area contributed by atoms with Gasteiger partial charge in [-0.1, -0.05) is 11.3 Å². The van der Waals surface area contributed by atoms with Crippen LogP contribution >= 0.6 is 11.3 Å². The molecule has 0 aliphatic carbocycles. The van der Waals surface area contributed by atoms with E-state index in [1.54, 1.807) is 0 Å². The van der Waals surface area contributed by atoms with E-state index in [0.717, 1.165) is 23.6 Å². The maximum absolute atomic E-state index is 14.4. The van der Waals surface area contributed by atoms with Gasteiger partial charge in [-0.15, -0.1) is 0 Å². The molecule has 0 amide bonds. The van der Waals surface area contributed by atoms with E-state index in [0.29, 0.717) is 9.44 Å². The molecule has 0 radical (unpaired) electrons. The molecule has 0 spiro atoms. The fourth-order valence-corrected chi connectivity index (χ4v) is 3.56. The van der Waals surface area contributed by atoms with E-state index in [1.807, 2.05) is 0 Å². The van der Waals surface area contributed by atoms with Gasteiger partial charge in [0.05, 0.1) is 9.80 Å². The number of anilines is 1. The summed E-state index contributed by atoms with van der Waals surface area (Å²) in [5.41, 5.74) is 4.21. The summed E-state index contributed by atoms with van der Waals surface area (Å²) in [6, 6.07) is 3.74. The predicted molar refractivity (Wildman–Crippen MR) is 99.6 cm³/mol. The summed E-state index contributed by atoms with van der Waals surface area (Å²) in [6.07, 6.45) is -7.50. The molecule has 1 aliphatic rings. The quantitative estimate of drug-likeness (QED) is 0.365. The molecule has 15 heteroatoms. The lowest BCUT2D eigenvalue weighted by Crippen LogP contribution is -2.42. The van der Waals surface area contributed by atoms with E-state index in [4.69, 9.17) is 19.9 Å². The highest BCUT2D eigenvalue weighted by molar-refractivity contribution is 7.15. The molecule has 3 N–H and O–H groups in total. The van der Waals surface area contributed by atoms with Gasteiger partial charge in [-0.2, -0.15) is 13.8 Å². The standard InChI is InChI=1S/C16H16F2N4O8S/c1-7(9-2-3-11(31-9)22(26)27)29-15(25)28-6-8-12(23)16(17,18)13(30-8)21-5-4-10(19)20-14(21)24/h2-5,7-8,12-13,23H,6H2,1H3,(H2,19,20,24)/t7?,8-,12-,13-/m1/s1. The van der Waals surface area contributed by atoms with Crippen LogP contribution in [0.1, 0.15) is 24.1 Å². The molecule has 0 bridgehead atoms. The molecule has 1 saturated heterocycles. The summed E-state index contributed by atoms with van der Waals surface area (Å²) in [7, 11) is 0. The number of rotatable bonds is 6. The number of carbonyl (C=O) groups excluding carboxylic acids is 1. The Balaban J connectivity index is 1.61. The number of nitrogens with two attached hydrogens (primary N) is 1. The molecule has 1 aliphatic heterocycles. The zero-order valence-corrected chi connectivity index (χ0v) is 16.5. The number of nitro groups is 1. The Bertz CT molecular complexity index is 1040. The van der Waals surface area contributed by atoms with E-state index in [2.05, 4.69) is 4.98 Å². The number of thiophene rings is 1. The Morgan fingerprint density at radius 3 is 2.84 bits per heavy atom. The Morgan fingerprint density at radius 2 is 2.23 bits per heavy atom. The average Bonchev–Trinajstić information content (AvgIpc) is 3.26. The van der Waals surface area contributed by atoms with Crippen molar-refractivity contribution in [2.45, 2.75) is 37.4 Å². The number of aromatic nitrogens is 2. The number of hydrogen-bond donors (Lipinski definition) is 2. The van der Waals surface area contributed by atoms with Crippen molar-refractivity contribution in [2.24, 2.45) is 0 Å². The van der Waals surface area contributed by atoms with Crippen LogP contribution in [-0.2, 0) is 14.2 Å². The first-order valence-corrected chi connectivity index (χ1v) is 9.46. The average molecular weight is 462 g/mol. The number of halogens is 2. The van der Waals surface area contributed by atoms with E-state index in [-0.39, 0.29) is 10.8 Å². The van der Waals surface area contributed by atoms with Gasteiger partial charge in [-0.25, -0.2) is 9.59 Å². The van der Waals surface area contributed by atoms with Gasteiger partial charge in [-0.3, -0.25) is 14.7 Å². The fraction of sp³-hybridized carbons (Fsp3) is 0.438. The van der Waals surface area contributed by atoms with Gasteiger partial charge in [0.1, 0.15) is 24.6 Å². The highest BCUT2D eigenvalue weighted by atomic mass is 32.1. The lowest BCUT2D eigenvalue weighted by Gasteiger charge is -2.20. The predicted octanol–water partition coefficient (Wildman–Crippen LogP) is 1.60. The van der Waals surface area contributed by atoms with E-state index >= 15 is 0 Å². The van der Waals surface area contributed by atoms with Crippen molar-refractivity contribution >= 4 is 28.3 Å². The van der Waals surface area contributed by atoms with Crippen LogP contribution in [0.5, 0.6) is 0 Å². The van der Waals surface area contributed by atoms with Crippen LogP contribution in [0, 0.1) is 10.1 Å². The van der Waals surface area contributed by atoms with Crippen LogP contribution in [0.4, 0.5) is 24.4 Å². The van der Waals surface area contributed by atoms with E-state index in [9.17, 15) is 33.6 Å².